The molecule has 2 aliphatic rings. The minimum Gasteiger partial charge on any atom is -0.379 e. The second-order valence-corrected chi connectivity index (χ2v) is 7.31. The van der Waals surface area contributed by atoms with Crippen molar-refractivity contribution in [1.82, 2.24) is 9.97 Å². The average molecular weight is 347 g/mol. The summed E-state index contributed by atoms with van der Waals surface area (Å²) in [6, 6.07) is 0.699. The maximum absolute atomic E-state index is 11.6. The first kappa shape index (κ1) is 17.9. The number of anilines is 2. The highest BCUT2D eigenvalue weighted by Gasteiger charge is 2.27. The van der Waals surface area contributed by atoms with Crippen LogP contribution in [0.4, 0.5) is 11.8 Å². The summed E-state index contributed by atoms with van der Waals surface area (Å²) in [5.41, 5.74) is 5.81. The van der Waals surface area contributed by atoms with E-state index in [1.165, 1.54) is 6.20 Å². The standard InChI is InChI=1S/C18H29N5O2/c1-3-25-14-6-4-12(5-7-14)22-18-20-10-15(16(19)24)17(23-18)21-13-8-11(2)9-13/h10-14H,3-9H2,1-2H3,(H2,19,24)(H2,20,21,22,23)/t11?,12-,13?,14-. The minimum atomic E-state index is -0.501. The van der Waals surface area contributed by atoms with Gasteiger partial charge < -0.3 is 21.1 Å². The lowest BCUT2D eigenvalue weighted by molar-refractivity contribution is 0.0346. The van der Waals surface area contributed by atoms with Crippen LogP contribution in [0, 0.1) is 5.92 Å². The van der Waals surface area contributed by atoms with Crippen LogP contribution >= 0.6 is 0 Å². The minimum absolute atomic E-state index is 0.340. The van der Waals surface area contributed by atoms with Crippen LogP contribution in [-0.2, 0) is 4.74 Å². The molecule has 2 fully saturated rings. The Bertz CT molecular complexity index is 595. The molecule has 0 radical (unpaired) electrons. The lowest BCUT2D eigenvalue weighted by atomic mass is 9.82. The van der Waals surface area contributed by atoms with Crippen LogP contribution in [0.3, 0.4) is 0 Å². The molecule has 2 saturated carbocycles. The molecule has 4 N–H and O–H groups in total. The second-order valence-electron chi connectivity index (χ2n) is 7.31. The molecule has 0 unspecified atom stereocenters. The van der Waals surface area contributed by atoms with Crippen molar-refractivity contribution in [2.75, 3.05) is 17.2 Å². The predicted molar refractivity (Wildman–Crippen MR) is 97.7 cm³/mol. The van der Waals surface area contributed by atoms with E-state index in [9.17, 15) is 4.79 Å². The summed E-state index contributed by atoms with van der Waals surface area (Å²) in [7, 11) is 0. The van der Waals surface area contributed by atoms with E-state index in [-0.39, 0.29) is 0 Å². The topological polar surface area (TPSA) is 102 Å². The van der Waals surface area contributed by atoms with Crippen LogP contribution in [0.1, 0.15) is 62.7 Å². The molecule has 0 atom stereocenters. The molecule has 0 bridgehead atoms. The van der Waals surface area contributed by atoms with Gasteiger partial charge in [-0.3, -0.25) is 4.79 Å². The highest BCUT2D eigenvalue weighted by atomic mass is 16.5. The van der Waals surface area contributed by atoms with Crippen molar-refractivity contribution in [2.24, 2.45) is 11.7 Å². The molecule has 138 valence electrons. The van der Waals surface area contributed by atoms with Gasteiger partial charge in [-0.25, -0.2) is 4.98 Å². The number of rotatable bonds is 7. The average Bonchev–Trinajstić information content (AvgIpc) is 2.55. The van der Waals surface area contributed by atoms with Crippen molar-refractivity contribution in [3.63, 3.8) is 0 Å². The Morgan fingerprint density at radius 2 is 1.96 bits per heavy atom. The fraction of sp³-hybridized carbons (Fsp3) is 0.722. The Balaban J connectivity index is 1.62. The van der Waals surface area contributed by atoms with Gasteiger partial charge in [-0.05, 0) is 51.4 Å². The van der Waals surface area contributed by atoms with Gasteiger partial charge in [0.15, 0.2) is 0 Å². The Hall–Kier alpha value is -1.89. The number of hydrogen-bond donors (Lipinski definition) is 3. The largest absolute Gasteiger partial charge is 0.379 e. The molecule has 1 amide bonds. The first-order valence-corrected chi connectivity index (χ1v) is 9.36. The van der Waals surface area contributed by atoms with Crippen molar-refractivity contribution in [1.29, 1.82) is 0 Å². The van der Waals surface area contributed by atoms with Crippen LogP contribution in [0.15, 0.2) is 6.20 Å². The van der Waals surface area contributed by atoms with Crippen LogP contribution in [0.5, 0.6) is 0 Å². The monoisotopic (exact) mass is 347 g/mol. The molecule has 2 aliphatic carbocycles. The molecule has 0 aromatic carbocycles. The van der Waals surface area contributed by atoms with E-state index in [1.807, 2.05) is 6.92 Å². The van der Waals surface area contributed by atoms with Crippen LogP contribution in [-0.4, -0.2) is 40.7 Å². The molecule has 0 spiro atoms. The molecule has 7 nitrogen and oxygen atoms in total. The number of nitrogens with two attached hydrogens (primary N) is 1. The number of carbonyl (C=O) groups is 1. The maximum atomic E-state index is 11.6. The first-order valence-electron chi connectivity index (χ1n) is 9.36. The molecular weight excluding hydrogens is 318 g/mol. The molecule has 7 heteroatoms. The zero-order valence-corrected chi connectivity index (χ0v) is 15.1. The van der Waals surface area contributed by atoms with Crippen molar-refractivity contribution in [3.05, 3.63) is 11.8 Å². The van der Waals surface area contributed by atoms with Gasteiger partial charge in [-0.1, -0.05) is 6.92 Å². The fourth-order valence-electron chi connectivity index (χ4n) is 3.75. The van der Waals surface area contributed by atoms with Gasteiger partial charge >= 0.3 is 0 Å². The highest BCUT2D eigenvalue weighted by Crippen LogP contribution is 2.30. The van der Waals surface area contributed by atoms with Gasteiger partial charge in [0.1, 0.15) is 5.82 Å². The first-order chi connectivity index (χ1) is 12.0. The molecule has 3 rings (SSSR count). The van der Waals surface area contributed by atoms with E-state index < -0.39 is 5.91 Å². The van der Waals surface area contributed by atoms with Crippen LogP contribution < -0.4 is 16.4 Å². The van der Waals surface area contributed by atoms with E-state index >= 15 is 0 Å². The van der Waals surface area contributed by atoms with Gasteiger partial charge in [0.05, 0.1) is 11.7 Å². The van der Waals surface area contributed by atoms with Crippen LogP contribution in [0.25, 0.3) is 0 Å². The number of hydrogen-bond acceptors (Lipinski definition) is 6. The Morgan fingerprint density at radius 1 is 1.24 bits per heavy atom. The number of carbonyl (C=O) groups excluding carboxylic acids is 1. The van der Waals surface area contributed by atoms with E-state index in [1.54, 1.807) is 0 Å². The summed E-state index contributed by atoms with van der Waals surface area (Å²) >= 11 is 0. The van der Waals surface area contributed by atoms with Gasteiger partial charge in [-0.15, -0.1) is 0 Å². The number of aromatic nitrogens is 2. The predicted octanol–water partition coefficient (Wildman–Crippen LogP) is 2.55. The Kier molecular flexibility index (Phi) is 5.73. The van der Waals surface area contributed by atoms with Crippen molar-refractivity contribution in [3.8, 4) is 0 Å². The highest BCUT2D eigenvalue weighted by molar-refractivity contribution is 5.97. The summed E-state index contributed by atoms with van der Waals surface area (Å²) in [5, 5.41) is 6.75. The van der Waals surface area contributed by atoms with E-state index in [0.29, 0.717) is 35.5 Å². The maximum Gasteiger partial charge on any atom is 0.254 e. The zero-order valence-electron chi connectivity index (χ0n) is 15.1. The van der Waals surface area contributed by atoms with Crippen molar-refractivity contribution < 1.29 is 9.53 Å². The molecular formula is C18H29N5O2. The van der Waals surface area contributed by atoms with Gasteiger partial charge in [-0.2, -0.15) is 4.98 Å². The van der Waals surface area contributed by atoms with Gasteiger partial charge in [0, 0.05) is 24.9 Å². The van der Waals surface area contributed by atoms with E-state index in [2.05, 4.69) is 27.5 Å². The van der Waals surface area contributed by atoms with Gasteiger partial charge in [0.25, 0.3) is 5.91 Å². The number of nitrogens with one attached hydrogen (secondary N) is 2. The normalized spacial score (nSPS) is 28.9. The summed E-state index contributed by atoms with van der Waals surface area (Å²) < 4.78 is 5.69. The number of nitrogens with zero attached hydrogens (tertiary/aromatic N) is 2. The Labute approximate surface area is 149 Å². The SMILES string of the molecule is CCO[C@H]1CC[C@H](Nc2ncc(C(N)=O)c(NC3CC(C)C3)n2)CC1. The quantitative estimate of drug-likeness (QED) is 0.700. The third-order valence-corrected chi connectivity index (χ3v) is 5.18. The molecule has 1 aromatic heterocycles. The number of amides is 1. The third kappa shape index (κ3) is 4.60. The molecule has 1 aromatic rings. The summed E-state index contributed by atoms with van der Waals surface area (Å²) in [6.45, 7) is 5.03. The van der Waals surface area contributed by atoms with E-state index in [0.717, 1.165) is 51.0 Å². The number of ether oxygens (including phenoxy) is 1. The molecule has 25 heavy (non-hydrogen) atoms. The second kappa shape index (κ2) is 7.99. The van der Waals surface area contributed by atoms with E-state index in [4.69, 9.17) is 10.5 Å². The summed E-state index contributed by atoms with van der Waals surface area (Å²) in [6.07, 6.45) is 8.25. The molecule has 1 heterocycles. The number of primary amides is 1. The zero-order chi connectivity index (χ0) is 17.8. The fourth-order valence-corrected chi connectivity index (χ4v) is 3.75. The Morgan fingerprint density at radius 3 is 2.56 bits per heavy atom. The third-order valence-electron chi connectivity index (χ3n) is 5.18. The molecule has 0 saturated heterocycles. The van der Waals surface area contributed by atoms with Crippen molar-refractivity contribution >= 4 is 17.7 Å². The smallest absolute Gasteiger partial charge is 0.254 e. The van der Waals surface area contributed by atoms with Crippen LogP contribution in [0.2, 0.25) is 0 Å². The van der Waals surface area contributed by atoms with Crippen molar-refractivity contribution in [2.45, 2.75) is 70.6 Å². The molecule has 0 aliphatic heterocycles. The lowest BCUT2D eigenvalue weighted by Crippen LogP contribution is -2.35. The summed E-state index contributed by atoms with van der Waals surface area (Å²) in [5.74, 6) is 1.32. The summed E-state index contributed by atoms with van der Waals surface area (Å²) in [4.78, 5) is 20.4. The lowest BCUT2D eigenvalue weighted by Gasteiger charge is -2.34. The van der Waals surface area contributed by atoms with Gasteiger partial charge in [0.2, 0.25) is 5.95 Å².